The Morgan fingerprint density at radius 1 is 1.06 bits per heavy atom. The Kier molecular flexibility index (Phi) is 6.66. The topological polar surface area (TPSA) is 81.3 Å². The number of rotatable bonds is 8. The zero-order chi connectivity index (χ0) is 21.8. The second-order valence-electron chi connectivity index (χ2n) is 8.39. The first-order valence-electron chi connectivity index (χ1n) is 11.3. The minimum atomic E-state index is 0.126. The number of aromatic nitrogens is 3. The van der Waals surface area contributed by atoms with Crippen molar-refractivity contribution >= 4 is 0 Å². The monoisotopic (exact) mass is 421 g/mol. The van der Waals surface area contributed by atoms with E-state index in [0.717, 1.165) is 45.8 Å². The average molecular weight is 422 g/mol. The van der Waals surface area contributed by atoms with Crippen molar-refractivity contribution in [3.05, 3.63) is 46.8 Å². The van der Waals surface area contributed by atoms with Crippen LogP contribution in [0, 0.1) is 13.8 Å². The number of nitrogens with zero attached hydrogens (tertiary/aromatic N) is 3. The van der Waals surface area contributed by atoms with Gasteiger partial charge in [-0.25, -0.2) is 0 Å². The van der Waals surface area contributed by atoms with Crippen LogP contribution in [-0.2, 0) is 6.42 Å². The molecule has 0 unspecified atom stereocenters. The molecule has 1 aliphatic carbocycles. The van der Waals surface area contributed by atoms with Gasteiger partial charge < -0.3 is 14.4 Å². The molecule has 3 aromatic rings. The molecule has 2 aromatic heterocycles. The molecular formula is C25H31N3O3. The largest absolute Gasteiger partial charge is 0.493 e. The third kappa shape index (κ3) is 4.79. The Hall–Kier alpha value is -2.73. The minimum Gasteiger partial charge on any atom is -0.493 e. The molecule has 1 aromatic carbocycles. The van der Waals surface area contributed by atoms with E-state index in [1.165, 1.54) is 25.7 Å². The summed E-state index contributed by atoms with van der Waals surface area (Å²) in [6.45, 7) is 6.77. The molecule has 0 radical (unpaired) electrons. The summed E-state index contributed by atoms with van der Waals surface area (Å²) in [6, 6.07) is 8.22. The van der Waals surface area contributed by atoms with Gasteiger partial charge in [-0.3, -0.25) is 4.98 Å². The molecule has 1 N–H and O–H groups in total. The number of ether oxygens (including phenoxy) is 1. The van der Waals surface area contributed by atoms with Crippen LogP contribution in [0.2, 0.25) is 0 Å². The first-order valence-corrected chi connectivity index (χ1v) is 11.3. The van der Waals surface area contributed by atoms with E-state index in [0.29, 0.717) is 30.7 Å². The molecule has 31 heavy (non-hydrogen) atoms. The number of aliphatic hydroxyl groups excluding tert-OH is 1. The lowest BCUT2D eigenvalue weighted by molar-refractivity contribution is 0.232. The lowest BCUT2D eigenvalue weighted by Gasteiger charge is -2.14. The van der Waals surface area contributed by atoms with Crippen LogP contribution in [0.4, 0.5) is 0 Å². The Bertz CT molecular complexity index is 1040. The molecule has 1 saturated carbocycles. The van der Waals surface area contributed by atoms with E-state index >= 15 is 0 Å². The molecule has 164 valence electrons. The first kappa shape index (κ1) is 21.5. The molecule has 1 aliphatic rings. The number of hydrogen-bond donors (Lipinski definition) is 1. The van der Waals surface area contributed by atoms with E-state index in [2.05, 4.69) is 24.2 Å². The fraction of sp³-hybridized carbons (Fsp3) is 0.480. The smallest absolute Gasteiger partial charge is 0.258 e. The summed E-state index contributed by atoms with van der Waals surface area (Å²) < 4.78 is 11.6. The van der Waals surface area contributed by atoms with E-state index in [1.807, 2.05) is 26.0 Å². The molecule has 0 aliphatic heterocycles. The van der Waals surface area contributed by atoms with E-state index in [9.17, 15) is 0 Å². The summed E-state index contributed by atoms with van der Waals surface area (Å²) >= 11 is 0. The minimum absolute atomic E-state index is 0.126. The van der Waals surface area contributed by atoms with Crippen molar-refractivity contribution in [3.8, 4) is 28.6 Å². The maximum atomic E-state index is 9.01. The molecule has 0 atom stereocenters. The molecule has 0 spiro atoms. The van der Waals surface area contributed by atoms with Crippen molar-refractivity contribution in [2.75, 3.05) is 13.2 Å². The third-order valence-corrected chi connectivity index (χ3v) is 5.96. The van der Waals surface area contributed by atoms with E-state index in [1.54, 1.807) is 0 Å². The van der Waals surface area contributed by atoms with Gasteiger partial charge in [0.2, 0.25) is 5.82 Å². The predicted octanol–water partition coefficient (Wildman–Crippen LogP) is 5.40. The molecule has 0 amide bonds. The Morgan fingerprint density at radius 3 is 2.61 bits per heavy atom. The number of hydrogen-bond acceptors (Lipinski definition) is 6. The van der Waals surface area contributed by atoms with Gasteiger partial charge in [0.15, 0.2) is 0 Å². The van der Waals surface area contributed by atoms with Crippen LogP contribution in [0.3, 0.4) is 0 Å². The molecule has 6 heteroatoms. The lowest BCUT2D eigenvalue weighted by Crippen LogP contribution is -2.04. The van der Waals surface area contributed by atoms with Crippen LogP contribution in [0.25, 0.3) is 22.8 Å². The SMILES string of the molecule is CCc1cc(-c2noc(-c3cc(C)nc(C4CCCC4)c3)n2)cc(C)c1OCCCO. The fourth-order valence-corrected chi connectivity index (χ4v) is 4.39. The summed E-state index contributed by atoms with van der Waals surface area (Å²) in [4.78, 5) is 9.46. The van der Waals surface area contributed by atoms with Crippen LogP contribution in [0.15, 0.2) is 28.8 Å². The summed E-state index contributed by atoms with van der Waals surface area (Å²) in [5.41, 5.74) is 6.10. The molecule has 2 heterocycles. The predicted molar refractivity (Wildman–Crippen MR) is 120 cm³/mol. The van der Waals surface area contributed by atoms with Crippen molar-refractivity contribution < 1.29 is 14.4 Å². The zero-order valence-electron chi connectivity index (χ0n) is 18.6. The van der Waals surface area contributed by atoms with Crippen LogP contribution in [0.5, 0.6) is 5.75 Å². The van der Waals surface area contributed by atoms with Crippen LogP contribution in [-0.4, -0.2) is 33.4 Å². The van der Waals surface area contributed by atoms with Crippen molar-refractivity contribution in [2.45, 2.75) is 65.2 Å². The molecular weight excluding hydrogens is 390 g/mol. The number of pyridine rings is 1. The average Bonchev–Trinajstić information content (AvgIpc) is 3.47. The summed E-state index contributed by atoms with van der Waals surface area (Å²) in [7, 11) is 0. The third-order valence-electron chi connectivity index (χ3n) is 5.96. The van der Waals surface area contributed by atoms with E-state index in [4.69, 9.17) is 24.3 Å². The molecule has 6 nitrogen and oxygen atoms in total. The maximum absolute atomic E-state index is 9.01. The first-order chi connectivity index (χ1) is 15.1. The molecule has 0 saturated heterocycles. The highest BCUT2D eigenvalue weighted by molar-refractivity contribution is 5.64. The molecule has 0 bridgehead atoms. The van der Waals surface area contributed by atoms with Gasteiger partial charge in [0, 0.05) is 41.5 Å². The Morgan fingerprint density at radius 2 is 1.87 bits per heavy atom. The summed E-state index contributed by atoms with van der Waals surface area (Å²) in [5, 5.41) is 13.3. The van der Waals surface area contributed by atoms with Gasteiger partial charge in [-0.15, -0.1) is 0 Å². The second kappa shape index (κ2) is 9.60. The highest BCUT2D eigenvalue weighted by Crippen LogP contribution is 2.35. The summed E-state index contributed by atoms with van der Waals surface area (Å²) in [6.07, 6.45) is 6.42. The quantitative estimate of drug-likeness (QED) is 0.491. The lowest BCUT2D eigenvalue weighted by atomic mass is 10.0. The number of aliphatic hydroxyl groups is 1. The standard InChI is InChI=1S/C25H31N3O3/c1-4-18-14-20(12-16(2)23(18)30-11-7-10-29)24-27-25(31-28-24)21-13-17(3)26-22(15-21)19-8-5-6-9-19/h12-15,19,29H,4-11H2,1-3H3. The van der Waals surface area contributed by atoms with Gasteiger partial charge in [0.05, 0.1) is 6.61 Å². The number of aryl methyl sites for hydroxylation is 3. The van der Waals surface area contributed by atoms with E-state index < -0.39 is 0 Å². The Labute approximate surface area is 183 Å². The van der Waals surface area contributed by atoms with Gasteiger partial charge in [0.1, 0.15) is 5.75 Å². The van der Waals surface area contributed by atoms with Gasteiger partial charge >= 0.3 is 0 Å². The molecule has 1 fully saturated rings. The summed E-state index contributed by atoms with van der Waals surface area (Å²) in [5.74, 6) is 2.52. The van der Waals surface area contributed by atoms with Gasteiger partial charge in [-0.1, -0.05) is 24.9 Å². The van der Waals surface area contributed by atoms with Gasteiger partial charge in [-0.05, 0) is 68.5 Å². The van der Waals surface area contributed by atoms with Crippen LogP contribution >= 0.6 is 0 Å². The second-order valence-corrected chi connectivity index (χ2v) is 8.39. The molecule has 4 rings (SSSR count). The van der Waals surface area contributed by atoms with Crippen LogP contribution in [0.1, 0.15) is 67.5 Å². The maximum Gasteiger partial charge on any atom is 0.258 e. The van der Waals surface area contributed by atoms with Gasteiger partial charge in [-0.2, -0.15) is 4.98 Å². The van der Waals surface area contributed by atoms with E-state index in [-0.39, 0.29) is 6.61 Å². The highest BCUT2D eigenvalue weighted by atomic mass is 16.5. The van der Waals surface area contributed by atoms with Crippen molar-refractivity contribution in [3.63, 3.8) is 0 Å². The normalized spacial score (nSPS) is 14.3. The van der Waals surface area contributed by atoms with Gasteiger partial charge in [0.25, 0.3) is 5.89 Å². The van der Waals surface area contributed by atoms with Crippen molar-refractivity contribution in [1.29, 1.82) is 0 Å². The van der Waals surface area contributed by atoms with Crippen molar-refractivity contribution in [2.24, 2.45) is 0 Å². The van der Waals surface area contributed by atoms with Crippen molar-refractivity contribution in [1.82, 2.24) is 15.1 Å². The fourth-order valence-electron chi connectivity index (χ4n) is 4.39. The zero-order valence-corrected chi connectivity index (χ0v) is 18.6. The number of benzene rings is 1. The van der Waals surface area contributed by atoms with Crippen LogP contribution < -0.4 is 4.74 Å². The highest BCUT2D eigenvalue weighted by Gasteiger charge is 2.21. The Balaban J connectivity index is 1.62.